The second-order valence-electron chi connectivity index (χ2n) is 3.91. The third-order valence-electron chi connectivity index (χ3n) is 2.77. The number of hydrogen-bond acceptors (Lipinski definition) is 4. The maximum absolute atomic E-state index is 11.5. The second kappa shape index (κ2) is 7.07. The van der Waals surface area contributed by atoms with Gasteiger partial charge in [-0.2, -0.15) is 0 Å². The summed E-state index contributed by atoms with van der Waals surface area (Å²) >= 11 is 4.73. The van der Waals surface area contributed by atoms with Crippen molar-refractivity contribution in [1.82, 2.24) is 9.97 Å². The summed E-state index contributed by atoms with van der Waals surface area (Å²) in [7, 11) is 0. The van der Waals surface area contributed by atoms with Crippen molar-refractivity contribution in [2.45, 2.75) is 13.8 Å². The van der Waals surface area contributed by atoms with Gasteiger partial charge in [-0.15, -0.1) is 0 Å². The normalized spacial score (nSPS) is 11.5. The van der Waals surface area contributed by atoms with Gasteiger partial charge >= 0.3 is 0 Å². The van der Waals surface area contributed by atoms with E-state index in [0.29, 0.717) is 6.54 Å². The predicted molar refractivity (Wildman–Crippen MR) is 73.3 cm³/mol. The van der Waals surface area contributed by atoms with Crippen LogP contribution >= 0.6 is 12.2 Å². The first-order valence-corrected chi connectivity index (χ1v) is 6.38. The fourth-order valence-electron chi connectivity index (χ4n) is 1.59. The number of quaternary nitrogens is 1. The average Bonchev–Trinajstić information content (AvgIpc) is 2.32. The maximum atomic E-state index is 11.5. The van der Waals surface area contributed by atoms with E-state index < -0.39 is 5.56 Å². The smallest absolute Gasteiger partial charge is 0.264 e. The summed E-state index contributed by atoms with van der Waals surface area (Å²) < 4.78 is 0.0993. The van der Waals surface area contributed by atoms with E-state index in [-0.39, 0.29) is 16.2 Å². The van der Waals surface area contributed by atoms with Gasteiger partial charge in [-0.05, 0) is 26.1 Å². The Bertz CT molecular complexity index is 517. The van der Waals surface area contributed by atoms with Crippen LogP contribution in [0.5, 0.6) is 5.88 Å². The van der Waals surface area contributed by atoms with Gasteiger partial charge in [0.1, 0.15) is 5.56 Å². The van der Waals surface area contributed by atoms with Gasteiger partial charge in [-0.1, -0.05) is 0 Å². The molecule has 0 aromatic carbocycles. The molecule has 0 saturated carbocycles. The van der Waals surface area contributed by atoms with Gasteiger partial charge in [0.15, 0.2) is 4.77 Å². The van der Waals surface area contributed by atoms with E-state index in [9.17, 15) is 9.90 Å². The average molecular weight is 271 g/mol. The van der Waals surface area contributed by atoms with Crippen molar-refractivity contribution in [2.75, 3.05) is 26.2 Å². The molecule has 0 aliphatic rings. The molecule has 7 heteroatoms. The highest BCUT2D eigenvalue weighted by molar-refractivity contribution is 7.71. The maximum Gasteiger partial charge on any atom is 0.264 e. The largest absolute Gasteiger partial charge is 0.494 e. The minimum Gasteiger partial charge on any atom is -0.494 e. The number of hydrogen-bond donors (Lipinski definition) is 4. The van der Waals surface area contributed by atoms with Crippen molar-refractivity contribution in [3.8, 4) is 5.88 Å². The summed E-state index contributed by atoms with van der Waals surface area (Å²) in [4.78, 5) is 22.0. The van der Waals surface area contributed by atoms with Crippen LogP contribution in [0, 0.1) is 4.77 Å². The molecule has 0 unspecified atom stereocenters. The summed E-state index contributed by atoms with van der Waals surface area (Å²) in [5.74, 6) is -0.248. The van der Waals surface area contributed by atoms with E-state index in [1.807, 2.05) is 0 Å². The van der Waals surface area contributed by atoms with Crippen LogP contribution in [0.25, 0.3) is 0 Å². The molecule has 0 fully saturated rings. The van der Waals surface area contributed by atoms with E-state index in [0.717, 1.165) is 19.6 Å². The first kappa shape index (κ1) is 14.6. The standard InChI is InChI=1S/C11H18N4O2S/c1-3-15(4-2)6-5-12-7-8-9(16)13-11(18)14-10(8)17/h7H,3-6H2,1-2H3,(H3,13,14,16,17,18)/p+1. The zero-order chi connectivity index (χ0) is 13.5. The van der Waals surface area contributed by atoms with E-state index in [2.05, 4.69) is 28.8 Å². The fourth-order valence-corrected chi connectivity index (χ4v) is 1.78. The molecule has 18 heavy (non-hydrogen) atoms. The molecule has 0 aliphatic carbocycles. The van der Waals surface area contributed by atoms with Crippen molar-refractivity contribution in [3.63, 3.8) is 0 Å². The van der Waals surface area contributed by atoms with Gasteiger partial charge in [-0.3, -0.25) is 14.8 Å². The summed E-state index contributed by atoms with van der Waals surface area (Å²) in [6, 6.07) is 0. The second-order valence-corrected chi connectivity index (χ2v) is 4.32. The summed E-state index contributed by atoms with van der Waals surface area (Å²) in [6.45, 7) is 7.87. The zero-order valence-electron chi connectivity index (χ0n) is 10.6. The van der Waals surface area contributed by atoms with Gasteiger partial charge in [0.25, 0.3) is 5.56 Å². The zero-order valence-corrected chi connectivity index (χ0v) is 11.4. The SMILES string of the molecule is CC[NH+](CC)CCN=Cc1c(O)[nH]c(=S)[nH]c1=O. The lowest BCUT2D eigenvalue weighted by Crippen LogP contribution is -3.11. The molecule has 1 heterocycles. The minimum atomic E-state index is -0.435. The fraction of sp³-hybridized carbons (Fsp3) is 0.545. The van der Waals surface area contributed by atoms with E-state index in [1.165, 1.54) is 11.1 Å². The van der Waals surface area contributed by atoms with Crippen LogP contribution in [0.3, 0.4) is 0 Å². The number of likely N-dealkylation sites (N-methyl/N-ethyl adjacent to an activating group) is 1. The molecule has 0 amide bonds. The van der Waals surface area contributed by atoms with Crippen molar-refractivity contribution < 1.29 is 10.0 Å². The van der Waals surface area contributed by atoms with Gasteiger partial charge in [0.05, 0.1) is 26.2 Å². The number of aromatic hydroxyl groups is 1. The number of rotatable bonds is 6. The van der Waals surface area contributed by atoms with Crippen molar-refractivity contribution in [3.05, 3.63) is 20.7 Å². The molecule has 1 aromatic heterocycles. The number of aromatic nitrogens is 2. The Kier molecular flexibility index (Phi) is 5.73. The minimum absolute atomic E-state index is 0.0993. The Balaban J connectivity index is 2.68. The highest BCUT2D eigenvalue weighted by Crippen LogP contribution is 2.03. The van der Waals surface area contributed by atoms with Crippen molar-refractivity contribution in [2.24, 2.45) is 4.99 Å². The van der Waals surface area contributed by atoms with Gasteiger partial charge < -0.3 is 15.0 Å². The van der Waals surface area contributed by atoms with Crippen molar-refractivity contribution in [1.29, 1.82) is 0 Å². The van der Waals surface area contributed by atoms with Gasteiger partial charge in [0.2, 0.25) is 5.88 Å². The Hall–Kier alpha value is -1.47. The van der Waals surface area contributed by atoms with Crippen LogP contribution < -0.4 is 10.5 Å². The molecule has 0 radical (unpaired) electrons. The van der Waals surface area contributed by atoms with E-state index in [1.54, 1.807) is 0 Å². The first-order valence-electron chi connectivity index (χ1n) is 5.97. The van der Waals surface area contributed by atoms with Crippen LogP contribution in [0.4, 0.5) is 0 Å². The lowest BCUT2D eigenvalue weighted by Gasteiger charge is -2.13. The Labute approximate surface area is 110 Å². The molecule has 1 aromatic rings. The molecule has 0 bridgehead atoms. The number of nitrogens with one attached hydrogen (secondary N) is 3. The molecular weight excluding hydrogens is 252 g/mol. The van der Waals surface area contributed by atoms with Crippen LogP contribution in [0.1, 0.15) is 19.4 Å². The molecular formula is C11H19N4O2S+. The van der Waals surface area contributed by atoms with E-state index in [4.69, 9.17) is 12.2 Å². The monoisotopic (exact) mass is 271 g/mol. The topological polar surface area (TPSA) is 85.7 Å². The molecule has 4 N–H and O–H groups in total. The number of aliphatic imine (C=N–C) groups is 1. The van der Waals surface area contributed by atoms with Crippen LogP contribution in [0.2, 0.25) is 0 Å². The molecule has 100 valence electrons. The highest BCUT2D eigenvalue weighted by Gasteiger charge is 2.04. The van der Waals surface area contributed by atoms with Gasteiger partial charge in [-0.25, -0.2) is 0 Å². The number of nitrogens with zero attached hydrogens (tertiary/aromatic N) is 1. The van der Waals surface area contributed by atoms with Crippen molar-refractivity contribution >= 4 is 18.4 Å². The van der Waals surface area contributed by atoms with Crippen LogP contribution in [0.15, 0.2) is 9.79 Å². The Morgan fingerprint density at radius 3 is 2.61 bits per heavy atom. The number of aromatic amines is 2. The third-order valence-corrected chi connectivity index (χ3v) is 2.98. The first-order chi connectivity index (χ1) is 8.58. The third kappa shape index (κ3) is 4.08. The predicted octanol–water partition coefficient (Wildman–Crippen LogP) is -0.518. The van der Waals surface area contributed by atoms with E-state index >= 15 is 0 Å². The molecule has 0 aliphatic heterocycles. The molecule has 1 rings (SSSR count). The van der Waals surface area contributed by atoms with Crippen LogP contribution in [-0.2, 0) is 0 Å². The summed E-state index contributed by atoms with van der Waals surface area (Å²) in [6.07, 6.45) is 1.38. The Morgan fingerprint density at radius 1 is 1.39 bits per heavy atom. The Morgan fingerprint density at radius 2 is 2.06 bits per heavy atom. The lowest BCUT2D eigenvalue weighted by molar-refractivity contribution is -0.894. The highest BCUT2D eigenvalue weighted by atomic mass is 32.1. The number of H-pyrrole nitrogens is 2. The van der Waals surface area contributed by atoms with Crippen LogP contribution in [-0.4, -0.2) is 47.5 Å². The quantitative estimate of drug-likeness (QED) is 0.415. The molecule has 0 atom stereocenters. The molecule has 0 saturated heterocycles. The lowest BCUT2D eigenvalue weighted by atomic mass is 10.3. The summed E-state index contributed by atoms with van der Waals surface area (Å²) in [5.41, 5.74) is -0.326. The molecule has 6 nitrogen and oxygen atoms in total. The molecule has 0 spiro atoms. The summed E-state index contributed by atoms with van der Waals surface area (Å²) in [5, 5.41) is 9.53. The van der Waals surface area contributed by atoms with Gasteiger partial charge in [0, 0.05) is 6.21 Å².